The molecule has 6 nitrogen and oxygen atoms in total. The van der Waals surface area contributed by atoms with Crippen molar-refractivity contribution in [2.45, 2.75) is 12.8 Å². The van der Waals surface area contributed by atoms with E-state index in [0.717, 1.165) is 48.8 Å². The van der Waals surface area contributed by atoms with Gasteiger partial charge in [-0.1, -0.05) is 30.3 Å². The normalized spacial score (nSPS) is 15.5. The Morgan fingerprint density at radius 2 is 1.86 bits per heavy atom. The lowest BCUT2D eigenvalue weighted by Crippen LogP contribution is -2.30. The van der Waals surface area contributed by atoms with Gasteiger partial charge in [0.15, 0.2) is 17.3 Å². The predicted molar refractivity (Wildman–Crippen MR) is 78.8 cm³/mol. The van der Waals surface area contributed by atoms with Crippen LogP contribution in [-0.4, -0.2) is 33.0 Å². The Morgan fingerprint density at radius 3 is 2.67 bits per heavy atom. The molecule has 106 valence electrons. The summed E-state index contributed by atoms with van der Waals surface area (Å²) in [6, 6.07) is 13.8. The number of hydroxylamine groups is 1. The average molecular weight is 281 g/mol. The number of rotatable bonds is 2. The molecular formula is C15H15N5O. The van der Waals surface area contributed by atoms with Crippen LogP contribution in [0.5, 0.6) is 0 Å². The molecule has 0 aliphatic carbocycles. The molecule has 0 radical (unpaired) electrons. The van der Waals surface area contributed by atoms with Crippen molar-refractivity contribution in [3.8, 4) is 11.4 Å². The lowest BCUT2D eigenvalue weighted by molar-refractivity contribution is 0.0757. The van der Waals surface area contributed by atoms with Gasteiger partial charge in [0.2, 0.25) is 0 Å². The fraction of sp³-hybridized carbons (Fsp3) is 0.267. The second kappa shape index (κ2) is 5.14. The van der Waals surface area contributed by atoms with Crippen molar-refractivity contribution in [1.82, 2.24) is 19.8 Å². The molecule has 1 aliphatic heterocycles. The van der Waals surface area contributed by atoms with Crippen LogP contribution in [0.2, 0.25) is 0 Å². The number of hydrogen-bond acceptors (Lipinski definition) is 5. The molecule has 6 heteroatoms. The maximum absolute atomic E-state index is 5.65. The third kappa shape index (κ3) is 2.23. The molecule has 4 rings (SSSR count). The number of aromatic nitrogens is 4. The van der Waals surface area contributed by atoms with Crippen molar-refractivity contribution >= 4 is 11.5 Å². The molecule has 2 aromatic heterocycles. The molecule has 3 heterocycles. The third-order valence-electron chi connectivity index (χ3n) is 3.54. The summed E-state index contributed by atoms with van der Waals surface area (Å²) in [7, 11) is 0. The summed E-state index contributed by atoms with van der Waals surface area (Å²) in [6.45, 7) is 1.61. The molecule has 1 fully saturated rings. The average Bonchev–Trinajstić information content (AvgIpc) is 2.99. The van der Waals surface area contributed by atoms with Crippen LogP contribution in [0, 0.1) is 0 Å². The molecule has 1 saturated heterocycles. The van der Waals surface area contributed by atoms with Gasteiger partial charge in [-0.05, 0) is 25.0 Å². The maximum atomic E-state index is 5.65. The van der Waals surface area contributed by atoms with Gasteiger partial charge in [0.05, 0.1) is 6.61 Å². The van der Waals surface area contributed by atoms with Gasteiger partial charge in [-0.2, -0.15) is 4.52 Å². The zero-order chi connectivity index (χ0) is 14.1. The van der Waals surface area contributed by atoms with E-state index in [4.69, 9.17) is 4.84 Å². The highest BCUT2D eigenvalue weighted by Crippen LogP contribution is 2.20. The van der Waals surface area contributed by atoms with Gasteiger partial charge in [-0.25, -0.2) is 5.06 Å². The zero-order valence-electron chi connectivity index (χ0n) is 11.5. The van der Waals surface area contributed by atoms with Crippen LogP contribution < -0.4 is 5.06 Å². The summed E-state index contributed by atoms with van der Waals surface area (Å²) in [5, 5.41) is 14.9. The van der Waals surface area contributed by atoms with Crippen molar-refractivity contribution in [1.29, 1.82) is 0 Å². The standard InChI is InChI=1S/C15H15N5O/c1-2-6-12(7-3-1)15-17-16-13-8-9-14(18-20(13)15)19-10-4-5-11-21-19/h1-3,6-9H,4-5,10-11H2. The van der Waals surface area contributed by atoms with Crippen molar-refractivity contribution < 1.29 is 4.84 Å². The monoisotopic (exact) mass is 281 g/mol. The summed E-state index contributed by atoms with van der Waals surface area (Å²) >= 11 is 0. The second-order valence-electron chi connectivity index (χ2n) is 4.99. The first-order chi connectivity index (χ1) is 10.4. The molecule has 0 atom stereocenters. The fourth-order valence-corrected chi connectivity index (χ4v) is 2.46. The second-order valence-corrected chi connectivity index (χ2v) is 4.99. The van der Waals surface area contributed by atoms with Crippen LogP contribution in [-0.2, 0) is 4.84 Å². The van der Waals surface area contributed by atoms with Crippen LogP contribution in [0.1, 0.15) is 12.8 Å². The number of benzene rings is 1. The molecule has 0 bridgehead atoms. The van der Waals surface area contributed by atoms with Crippen LogP contribution in [0.15, 0.2) is 42.5 Å². The Morgan fingerprint density at radius 1 is 0.952 bits per heavy atom. The van der Waals surface area contributed by atoms with E-state index >= 15 is 0 Å². The summed E-state index contributed by atoms with van der Waals surface area (Å²) in [5.74, 6) is 1.53. The molecule has 3 aromatic rings. The van der Waals surface area contributed by atoms with Gasteiger partial charge in [-0.3, -0.25) is 4.84 Å². The van der Waals surface area contributed by atoms with E-state index in [9.17, 15) is 0 Å². The van der Waals surface area contributed by atoms with E-state index in [1.54, 1.807) is 4.52 Å². The first kappa shape index (κ1) is 12.3. The van der Waals surface area contributed by atoms with Gasteiger partial charge in [0, 0.05) is 12.1 Å². The minimum atomic E-state index is 0.731. The van der Waals surface area contributed by atoms with Crippen molar-refractivity contribution in [2.75, 3.05) is 18.2 Å². The van der Waals surface area contributed by atoms with Crippen LogP contribution in [0.25, 0.3) is 17.0 Å². The molecule has 1 aliphatic rings. The number of nitrogens with zero attached hydrogens (tertiary/aromatic N) is 5. The third-order valence-corrected chi connectivity index (χ3v) is 3.54. The molecular weight excluding hydrogens is 266 g/mol. The molecule has 0 spiro atoms. The van der Waals surface area contributed by atoms with E-state index in [1.165, 1.54) is 0 Å². The topological polar surface area (TPSA) is 55.5 Å². The molecule has 0 N–H and O–H groups in total. The molecule has 1 aromatic carbocycles. The summed E-state index contributed by atoms with van der Waals surface area (Å²) in [6.07, 6.45) is 2.22. The largest absolute Gasteiger partial charge is 0.272 e. The molecule has 0 amide bonds. The highest BCUT2D eigenvalue weighted by Gasteiger charge is 2.16. The lowest BCUT2D eigenvalue weighted by Gasteiger charge is -2.26. The van der Waals surface area contributed by atoms with Crippen molar-refractivity contribution in [3.63, 3.8) is 0 Å². The van der Waals surface area contributed by atoms with Crippen molar-refractivity contribution in [2.24, 2.45) is 0 Å². The zero-order valence-corrected chi connectivity index (χ0v) is 11.5. The van der Waals surface area contributed by atoms with E-state index in [1.807, 2.05) is 47.5 Å². The summed E-state index contributed by atoms with van der Waals surface area (Å²) in [5.41, 5.74) is 1.73. The Kier molecular flexibility index (Phi) is 3.01. The lowest BCUT2D eigenvalue weighted by atomic mass is 10.2. The van der Waals surface area contributed by atoms with E-state index in [-0.39, 0.29) is 0 Å². The van der Waals surface area contributed by atoms with Gasteiger partial charge in [0.25, 0.3) is 0 Å². The highest BCUT2D eigenvalue weighted by molar-refractivity contribution is 5.59. The maximum Gasteiger partial charge on any atom is 0.185 e. The molecule has 21 heavy (non-hydrogen) atoms. The quantitative estimate of drug-likeness (QED) is 0.721. The van der Waals surface area contributed by atoms with Gasteiger partial charge in [-0.15, -0.1) is 15.3 Å². The molecule has 0 unspecified atom stereocenters. The minimum absolute atomic E-state index is 0.731. The van der Waals surface area contributed by atoms with Crippen LogP contribution in [0.3, 0.4) is 0 Å². The first-order valence-electron chi connectivity index (χ1n) is 7.10. The van der Waals surface area contributed by atoms with Crippen LogP contribution >= 0.6 is 0 Å². The molecule has 0 saturated carbocycles. The van der Waals surface area contributed by atoms with Gasteiger partial charge >= 0.3 is 0 Å². The van der Waals surface area contributed by atoms with Crippen molar-refractivity contribution in [3.05, 3.63) is 42.5 Å². The van der Waals surface area contributed by atoms with Crippen LogP contribution in [0.4, 0.5) is 5.82 Å². The fourth-order valence-electron chi connectivity index (χ4n) is 2.46. The first-order valence-corrected chi connectivity index (χ1v) is 7.10. The Bertz CT molecular complexity index is 749. The predicted octanol–water partition coefficient (Wildman–Crippen LogP) is 2.32. The van der Waals surface area contributed by atoms with E-state index in [2.05, 4.69) is 15.3 Å². The van der Waals surface area contributed by atoms with E-state index < -0.39 is 0 Å². The van der Waals surface area contributed by atoms with E-state index in [0.29, 0.717) is 0 Å². The summed E-state index contributed by atoms with van der Waals surface area (Å²) in [4.78, 5) is 5.65. The smallest absolute Gasteiger partial charge is 0.185 e. The minimum Gasteiger partial charge on any atom is -0.272 e. The van der Waals surface area contributed by atoms with Gasteiger partial charge < -0.3 is 0 Å². The number of hydrogen-bond donors (Lipinski definition) is 0. The Hall–Kier alpha value is -2.47. The summed E-state index contributed by atoms with van der Waals surface area (Å²) < 4.78 is 1.77. The Labute approximate surface area is 121 Å². The highest BCUT2D eigenvalue weighted by atomic mass is 16.7. The Balaban J connectivity index is 1.79. The van der Waals surface area contributed by atoms with Gasteiger partial charge in [0.1, 0.15) is 0 Å². The number of fused-ring (bicyclic) bond motifs is 1. The number of anilines is 1. The SMILES string of the molecule is c1ccc(-c2nnc3ccc(N4CCCCO4)nn23)cc1.